The zero-order chi connectivity index (χ0) is 36.3. The lowest BCUT2D eigenvalue weighted by atomic mass is 9.93. The Balaban J connectivity index is 0.000000425. The number of rotatable bonds is 13. The summed E-state index contributed by atoms with van der Waals surface area (Å²) in [5, 5.41) is 37.8. The number of aliphatic carboxylic acids is 3. The van der Waals surface area contributed by atoms with Crippen LogP contribution >= 0.6 is 23.2 Å². The summed E-state index contributed by atoms with van der Waals surface area (Å²) in [4.78, 5) is 61.8. The van der Waals surface area contributed by atoms with Crippen LogP contribution in [0.1, 0.15) is 60.4 Å². The van der Waals surface area contributed by atoms with Crippen molar-refractivity contribution in [3.8, 4) is 0 Å². The number of carbonyl (C=O) groups excluding carboxylic acids is 2. The lowest BCUT2D eigenvalue weighted by Crippen LogP contribution is -2.54. The standard InChI is InChI=1S/C27H33Cl2FN4O2.C6H8O7/c1-32(26(35)19-3-6-22(30)7-4-19)18-21(20-5-8-24(28)25(29)17-20)9-14-33-15-10-23(11-16-33)34-13-2-12-31-27(34)36;7-3(8)1-6(13,5(11)12)2-4(9)10/h3-8,17,21,23H,2,9-16,18H2,1H3,(H,31,36);13H,1-2H2,(H,7,8)(H,9,10)(H,11,12)/t21-;/m1./s1. The number of halogens is 3. The predicted octanol–water partition coefficient (Wildman–Crippen LogP) is 4.01. The van der Waals surface area contributed by atoms with Crippen molar-refractivity contribution in [2.75, 3.05) is 46.3 Å². The molecule has 0 spiro atoms. The molecule has 2 aromatic rings. The Labute approximate surface area is 293 Å². The third kappa shape index (κ3) is 11.8. The summed E-state index contributed by atoms with van der Waals surface area (Å²) in [5.74, 6) is -5.48. The Morgan fingerprint density at radius 3 is 2.12 bits per heavy atom. The van der Waals surface area contributed by atoms with Crippen LogP contribution in [0.25, 0.3) is 0 Å². The number of likely N-dealkylation sites (N-methyl/N-ethyl adjacent to an activating group) is 1. The summed E-state index contributed by atoms with van der Waals surface area (Å²) in [6.45, 7) is 4.85. The number of carboxylic acid groups (broad SMARTS) is 3. The molecule has 0 unspecified atom stereocenters. The van der Waals surface area contributed by atoms with E-state index in [1.165, 1.54) is 24.3 Å². The molecule has 13 nitrogen and oxygen atoms in total. The molecule has 2 aromatic carbocycles. The maximum Gasteiger partial charge on any atom is 0.336 e. The maximum absolute atomic E-state index is 13.3. The molecular weight excluding hydrogens is 686 g/mol. The van der Waals surface area contributed by atoms with Crippen LogP contribution < -0.4 is 5.32 Å². The van der Waals surface area contributed by atoms with E-state index in [9.17, 15) is 28.4 Å². The molecule has 268 valence electrons. The molecule has 0 aliphatic carbocycles. The van der Waals surface area contributed by atoms with Gasteiger partial charge in [0.05, 0.1) is 22.9 Å². The van der Waals surface area contributed by atoms with Crippen molar-refractivity contribution in [3.05, 3.63) is 69.5 Å². The average Bonchev–Trinajstić information content (AvgIpc) is 3.04. The van der Waals surface area contributed by atoms with Crippen molar-refractivity contribution in [1.29, 1.82) is 0 Å². The van der Waals surface area contributed by atoms with Crippen LogP contribution in [-0.4, -0.2) is 123 Å². The van der Waals surface area contributed by atoms with Gasteiger partial charge in [-0.05, 0) is 74.2 Å². The first-order valence-electron chi connectivity index (χ1n) is 15.7. The van der Waals surface area contributed by atoms with E-state index in [0.29, 0.717) is 28.2 Å². The fourth-order valence-corrected chi connectivity index (χ4v) is 6.17. The molecular formula is C33H41Cl2FN4O9. The van der Waals surface area contributed by atoms with E-state index in [0.717, 1.165) is 64.0 Å². The molecule has 0 bridgehead atoms. The monoisotopic (exact) mass is 726 g/mol. The molecule has 2 fully saturated rings. The second-order valence-electron chi connectivity index (χ2n) is 12.2. The van der Waals surface area contributed by atoms with Crippen molar-refractivity contribution in [2.45, 2.75) is 56.1 Å². The fraction of sp³-hybridized carbons (Fsp3) is 0.485. The number of nitrogens with one attached hydrogen (secondary N) is 1. The van der Waals surface area contributed by atoms with Gasteiger partial charge in [0.15, 0.2) is 5.60 Å². The summed E-state index contributed by atoms with van der Waals surface area (Å²) in [7, 11) is 1.77. The number of hydrogen-bond donors (Lipinski definition) is 5. The molecule has 5 N–H and O–H groups in total. The molecule has 0 aromatic heterocycles. The molecule has 2 heterocycles. The zero-order valence-corrected chi connectivity index (χ0v) is 28.5. The lowest BCUT2D eigenvalue weighted by molar-refractivity contribution is -0.170. The highest BCUT2D eigenvalue weighted by molar-refractivity contribution is 6.42. The Hall–Kier alpha value is -3.98. The van der Waals surface area contributed by atoms with Crippen LogP contribution in [0.2, 0.25) is 10.0 Å². The Kier molecular flexibility index (Phi) is 14.6. The van der Waals surface area contributed by atoms with E-state index >= 15 is 0 Å². The summed E-state index contributed by atoms with van der Waals surface area (Å²) in [5.41, 5.74) is -1.25. The van der Waals surface area contributed by atoms with Crippen LogP contribution in [-0.2, 0) is 14.4 Å². The van der Waals surface area contributed by atoms with Crippen molar-refractivity contribution in [2.24, 2.45) is 0 Å². The number of nitrogens with zero attached hydrogens (tertiary/aromatic N) is 3. The summed E-state index contributed by atoms with van der Waals surface area (Å²) in [6.07, 6.45) is 1.49. The van der Waals surface area contributed by atoms with Gasteiger partial charge in [0.2, 0.25) is 0 Å². The number of carboxylic acids is 3. The van der Waals surface area contributed by atoms with E-state index in [2.05, 4.69) is 10.2 Å². The SMILES string of the molecule is CN(C[C@@H](CCN1CCC(N2CCCNC2=O)CC1)c1ccc(Cl)c(Cl)c1)C(=O)c1ccc(F)cc1.O=C(O)CC(O)(CC(=O)O)C(=O)O. The van der Waals surface area contributed by atoms with E-state index < -0.39 is 36.4 Å². The second-order valence-corrected chi connectivity index (χ2v) is 13.0. The molecule has 1 atom stereocenters. The number of amides is 3. The number of likely N-dealkylation sites (tertiary alicyclic amines) is 1. The van der Waals surface area contributed by atoms with E-state index in [-0.39, 0.29) is 23.7 Å². The van der Waals surface area contributed by atoms with Gasteiger partial charge in [-0.25, -0.2) is 14.0 Å². The molecule has 16 heteroatoms. The smallest absolute Gasteiger partial charge is 0.336 e. The maximum atomic E-state index is 13.3. The van der Waals surface area contributed by atoms with Crippen molar-refractivity contribution in [1.82, 2.24) is 20.0 Å². The van der Waals surface area contributed by atoms with E-state index in [4.69, 9.17) is 43.6 Å². The summed E-state index contributed by atoms with van der Waals surface area (Å²) in [6, 6.07) is 11.6. The minimum atomic E-state index is -2.74. The van der Waals surface area contributed by atoms with Crippen LogP contribution in [0, 0.1) is 5.82 Å². The largest absolute Gasteiger partial charge is 0.481 e. The molecule has 0 radical (unpaired) electrons. The molecule has 2 saturated heterocycles. The number of hydrogen-bond acceptors (Lipinski definition) is 7. The van der Waals surface area contributed by atoms with Gasteiger partial charge in [-0.3, -0.25) is 14.4 Å². The number of carbonyl (C=O) groups is 5. The van der Waals surface area contributed by atoms with Crippen molar-refractivity contribution in [3.63, 3.8) is 0 Å². The first kappa shape index (κ1) is 39.5. The highest BCUT2D eigenvalue weighted by atomic mass is 35.5. The van der Waals surface area contributed by atoms with Gasteiger partial charge in [-0.1, -0.05) is 29.3 Å². The van der Waals surface area contributed by atoms with Crippen LogP contribution in [0.5, 0.6) is 0 Å². The predicted molar refractivity (Wildman–Crippen MR) is 178 cm³/mol. The quantitative estimate of drug-likeness (QED) is 0.202. The van der Waals surface area contributed by atoms with Gasteiger partial charge in [0, 0.05) is 57.3 Å². The third-order valence-electron chi connectivity index (χ3n) is 8.54. The van der Waals surface area contributed by atoms with Gasteiger partial charge in [0.1, 0.15) is 5.82 Å². The lowest BCUT2D eigenvalue weighted by Gasteiger charge is -2.40. The van der Waals surface area contributed by atoms with Gasteiger partial charge in [-0.15, -0.1) is 0 Å². The zero-order valence-electron chi connectivity index (χ0n) is 27.0. The Morgan fingerprint density at radius 1 is 0.980 bits per heavy atom. The number of urea groups is 1. The number of aliphatic hydroxyl groups is 1. The topological polar surface area (TPSA) is 188 Å². The Bertz CT molecular complexity index is 1470. The molecule has 0 saturated carbocycles. The molecule has 3 amide bonds. The summed E-state index contributed by atoms with van der Waals surface area (Å²) < 4.78 is 13.3. The highest BCUT2D eigenvalue weighted by Gasteiger charge is 2.40. The van der Waals surface area contributed by atoms with Gasteiger partial charge >= 0.3 is 23.9 Å². The third-order valence-corrected chi connectivity index (χ3v) is 9.28. The van der Waals surface area contributed by atoms with Gasteiger partial charge in [0.25, 0.3) is 5.91 Å². The first-order chi connectivity index (χ1) is 23.1. The number of benzene rings is 2. The summed E-state index contributed by atoms with van der Waals surface area (Å²) >= 11 is 12.5. The van der Waals surface area contributed by atoms with Crippen LogP contribution in [0.15, 0.2) is 42.5 Å². The highest BCUT2D eigenvalue weighted by Crippen LogP contribution is 2.30. The van der Waals surface area contributed by atoms with Gasteiger partial charge < -0.3 is 40.4 Å². The minimum Gasteiger partial charge on any atom is -0.481 e. The van der Waals surface area contributed by atoms with Gasteiger partial charge in [-0.2, -0.15) is 0 Å². The average molecular weight is 728 g/mol. The Morgan fingerprint density at radius 2 is 1.59 bits per heavy atom. The van der Waals surface area contributed by atoms with Crippen LogP contribution in [0.4, 0.5) is 9.18 Å². The van der Waals surface area contributed by atoms with Crippen molar-refractivity contribution >= 4 is 53.0 Å². The van der Waals surface area contributed by atoms with E-state index in [1.807, 2.05) is 17.0 Å². The molecule has 2 aliphatic heterocycles. The first-order valence-corrected chi connectivity index (χ1v) is 16.5. The normalized spacial score (nSPS) is 16.2. The molecule has 4 rings (SSSR count). The van der Waals surface area contributed by atoms with Crippen molar-refractivity contribution < 1.29 is 48.8 Å². The molecule has 2 aliphatic rings. The second kappa shape index (κ2) is 18.1. The van der Waals surface area contributed by atoms with E-state index in [1.54, 1.807) is 18.0 Å². The van der Waals surface area contributed by atoms with Crippen LogP contribution in [0.3, 0.4) is 0 Å². The fourth-order valence-electron chi connectivity index (χ4n) is 5.86. The minimum absolute atomic E-state index is 0.0553. The molecule has 49 heavy (non-hydrogen) atoms. The number of piperidine rings is 1.